The average Bonchev–Trinajstić information content (AvgIpc) is 2.28. The van der Waals surface area contributed by atoms with E-state index in [9.17, 15) is 9.18 Å². The van der Waals surface area contributed by atoms with Crippen molar-refractivity contribution in [1.82, 2.24) is 4.90 Å². The van der Waals surface area contributed by atoms with E-state index >= 15 is 0 Å². The molecule has 4 heteroatoms. The zero-order valence-corrected chi connectivity index (χ0v) is 12.8. The van der Waals surface area contributed by atoms with Crippen LogP contribution in [0.25, 0.3) is 0 Å². The summed E-state index contributed by atoms with van der Waals surface area (Å²) in [5.74, 6) is -0.164. The molecule has 0 unspecified atom stereocenters. The van der Waals surface area contributed by atoms with Crippen LogP contribution in [0, 0.1) is 11.7 Å². The summed E-state index contributed by atoms with van der Waals surface area (Å²) < 4.78 is 13.7. The predicted octanol–water partition coefficient (Wildman–Crippen LogP) is 4.09. The summed E-state index contributed by atoms with van der Waals surface area (Å²) >= 11 is 3.14. The Morgan fingerprint density at radius 3 is 2.44 bits per heavy atom. The Kier molecular flexibility index (Phi) is 5.32. The molecule has 2 nitrogen and oxygen atoms in total. The third-order valence-electron chi connectivity index (χ3n) is 2.63. The number of carbonyl (C=O) groups excluding carboxylic acids is 1. The van der Waals surface area contributed by atoms with Gasteiger partial charge in [0.05, 0.1) is 10.0 Å². The molecule has 100 valence electrons. The van der Waals surface area contributed by atoms with Crippen LogP contribution in [0.5, 0.6) is 0 Å². The minimum absolute atomic E-state index is 0.0927. The van der Waals surface area contributed by atoms with E-state index in [0.29, 0.717) is 18.0 Å². The Bertz CT molecular complexity index is 432. The molecule has 0 saturated heterocycles. The molecule has 18 heavy (non-hydrogen) atoms. The third-order valence-corrected chi connectivity index (χ3v) is 3.43. The van der Waals surface area contributed by atoms with Crippen LogP contribution in [0.2, 0.25) is 0 Å². The standard InChI is InChI=1S/C14H19BrFNO/c1-9(2)8-17(10(3)4)14(18)11-6-5-7-12(16)13(11)15/h5-7,9-10H,8H2,1-4H3. The Morgan fingerprint density at radius 2 is 1.94 bits per heavy atom. The minimum Gasteiger partial charge on any atom is -0.336 e. The van der Waals surface area contributed by atoms with Gasteiger partial charge in [-0.2, -0.15) is 0 Å². The molecule has 1 rings (SSSR count). The molecule has 0 fully saturated rings. The summed E-state index contributed by atoms with van der Waals surface area (Å²) in [6.45, 7) is 8.72. The lowest BCUT2D eigenvalue weighted by Gasteiger charge is -2.29. The maximum atomic E-state index is 13.4. The van der Waals surface area contributed by atoms with Gasteiger partial charge in [-0.1, -0.05) is 19.9 Å². The largest absolute Gasteiger partial charge is 0.336 e. The van der Waals surface area contributed by atoms with E-state index in [0.717, 1.165) is 0 Å². The van der Waals surface area contributed by atoms with Crippen LogP contribution in [-0.2, 0) is 0 Å². The summed E-state index contributed by atoms with van der Waals surface area (Å²) in [7, 11) is 0. The maximum Gasteiger partial charge on any atom is 0.255 e. The lowest BCUT2D eigenvalue weighted by atomic mass is 10.1. The molecule has 0 aliphatic carbocycles. The van der Waals surface area contributed by atoms with Crippen molar-refractivity contribution in [2.24, 2.45) is 5.92 Å². The summed E-state index contributed by atoms with van der Waals surface area (Å²) in [5, 5.41) is 0. The van der Waals surface area contributed by atoms with Crippen LogP contribution in [-0.4, -0.2) is 23.4 Å². The van der Waals surface area contributed by atoms with Crippen LogP contribution < -0.4 is 0 Å². The second-order valence-corrected chi connectivity index (χ2v) is 5.84. The maximum absolute atomic E-state index is 13.4. The van der Waals surface area contributed by atoms with Gasteiger partial charge in [-0.3, -0.25) is 4.79 Å². The Morgan fingerprint density at radius 1 is 1.33 bits per heavy atom. The van der Waals surface area contributed by atoms with E-state index in [1.54, 1.807) is 17.0 Å². The number of nitrogens with zero attached hydrogens (tertiary/aromatic N) is 1. The Balaban J connectivity index is 3.06. The van der Waals surface area contributed by atoms with Gasteiger partial charge in [0.2, 0.25) is 0 Å². The highest BCUT2D eigenvalue weighted by Crippen LogP contribution is 2.23. The van der Waals surface area contributed by atoms with Crippen LogP contribution in [0.4, 0.5) is 4.39 Å². The van der Waals surface area contributed by atoms with Gasteiger partial charge in [0, 0.05) is 12.6 Å². The predicted molar refractivity (Wildman–Crippen MR) is 75.1 cm³/mol. The molecular weight excluding hydrogens is 297 g/mol. The van der Waals surface area contributed by atoms with Crippen LogP contribution in [0.3, 0.4) is 0 Å². The zero-order chi connectivity index (χ0) is 13.9. The highest BCUT2D eigenvalue weighted by Gasteiger charge is 2.22. The van der Waals surface area contributed by atoms with Crippen molar-refractivity contribution < 1.29 is 9.18 Å². The van der Waals surface area contributed by atoms with Crippen molar-refractivity contribution in [3.8, 4) is 0 Å². The number of carbonyl (C=O) groups is 1. The summed E-state index contributed by atoms with van der Waals surface area (Å²) in [4.78, 5) is 14.2. The molecule has 0 aliphatic rings. The number of benzene rings is 1. The number of hydrogen-bond donors (Lipinski definition) is 0. The first kappa shape index (κ1) is 15.2. The second kappa shape index (κ2) is 6.32. The van der Waals surface area contributed by atoms with E-state index in [1.165, 1.54) is 6.07 Å². The zero-order valence-electron chi connectivity index (χ0n) is 11.2. The fourth-order valence-electron chi connectivity index (χ4n) is 1.75. The highest BCUT2D eigenvalue weighted by molar-refractivity contribution is 9.10. The lowest BCUT2D eigenvalue weighted by molar-refractivity contribution is 0.0680. The van der Waals surface area contributed by atoms with E-state index in [2.05, 4.69) is 29.8 Å². The van der Waals surface area contributed by atoms with E-state index in [-0.39, 0.29) is 16.4 Å². The second-order valence-electron chi connectivity index (χ2n) is 5.05. The number of hydrogen-bond acceptors (Lipinski definition) is 1. The fraction of sp³-hybridized carbons (Fsp3) is 0.500. The molecule has 1 amide bonds. The van der Waals surface area contributed by atoms with Crippen LogP contribution in [0.15, 0.2) is 22.7 Å². The first-order valence-electron chi connectivity index (χ1n) is 6.09. The van der Waals surface area contributed by atoms with Crippen molar-refractivity contribution in [3.63, 3.8) is 0 Å². The van der Waals surface area contributed by atoms with Crippen molar-refractivity contribution in [2.75, 3.05) is 6.54 Å². The Hall–Kier alpha value is -0.900. The first-order chi connectivity index (χ1) is 8.34. The molecule has 0 N–H and O–H groups in total. The molecule has 0 heterocycles. The van der Waals surface area contributed by atoms with Gasteiger partial charge in [-0.15, -0.1) is 0 Å². The first-order valence-corrected chi connectivity index (χ1v) is 6.88. The fourth-order valence-corrected chi connectivity index (χ4v) is 2.18. The van der Waals surface area contributed by atoms with Gasteiger partial charge >= 0.3 is 0 Å². The monoisotopic (exact) mass is 315 g/mol. The van der Waals surface area contributed by atoms with Crippen molar-refractivity contribution in [2.45, 2.75) is 33.7 Å². The molecule has 0 aromatic heterocycles. The minimum atomic E-state index is -0.408. The molecule has 0 radical (unpaired) electrons. The van der Waals surface area contributed by atoms with Gasteiger partial charge in [0.1, 0.15) is 5.82 Å². The van der Waals surface area contributed by atoms with Crippen molar-refractivity contribution in [1.29, 1.82) is 0 Å². The number of halogens is 2. The van der Waals surface area contributed by atoms with Gasteiger partial charge in [0.15, 0.2) is 0 Å². The molecule has 0 aliphatic heterocycles. The Labute approximate surface area is 116 Å². The normalized spacial score (nSPS) is 11.1. The average molecular weight is 316 g/mol. The molecule has 0 bridgehead atoms. The topological polar surface area (TPSA) is 20.3 Å². The van der Waals surface area contributed by atoms with E-state index in [1.807, 2.05) is 13.8 Å². The quantitative estimate of drug-likeness (QED) is 0.819. The number of rotatable bonds is 4. The van der Waals surface area contributed by atoms with Gasteiger partial charge in [-0.05, 0) is 47.8 Å². The van der Waals surface area contributed by atoms with Gasteiger partial charge < -0.3 is 4.90 Å². The summed E-state index contributed by atoms with van der Waals surface area (Å²) in [5.41, 5.74) is 0.379. The lowest BCUT2D eigenvalue weighted by Crippen LogP contribution is -2.39. The summed E-state index contributed by atoms with van der Waals surface area (Å²) in [6.07, 6.45) is 0. The third kappa shape index (κ3) is 3.55. The number of amides is 1. The van der Waals surface area contributed by atoms with E-state index in [4.69, 9.17) is 0 Å². The SMILES string of the molecule is CC(C)CN(C(=O)c1cccc(F)c1Br)C(C)C. The smallest absolute Gasteiger partial charge is 0.255 e. The molecule has 1 aromatic carbocycles. The van der Waals surface area contributed by atoms with E-state index < -0.39 is 5.82 Å². The van der Waals surface area contributed by atoms with Gasteiger partial charge in [0.25, 0.3) is 5.91 Å². The van der Waals surface area contributed by atoms with Crippen LogP contribution >= 0.6 is 15.9 Å². The molecule has 1 aromatic rings. The van der Waals surface area contributed by atoms with Gasteiger partial charge in [-0.25, -0.2) is 4.39 Å². The molecule has 0 spiro atoms. The molecule has 0 atom stereocenters. The molecular formula is C14H19BrFNO. The van der Waals surface area contributed by atoms with Crippen LogP contribution in [0.1, 0.15) is 38.1 Å². The summed E-state index contributed by atoms with van der Waals surface area (Å²) in [6, 6.07) is 4.63. The highest BCUT2D eigenvalue weighted by atomic mass is 79.9. The van der Waals surface area contributed by atoms with Crippen molar-refractivity contribution >= 4 is 21.8 Å². The van der Waals surface area contributed by atoms with Crippen molar-refractivity contribution in [3.05, 3.63) is 34.1 Å². The molecule has 0 saturated carbocycles.